The SMILES string of the molecule is O=C(CCNC(=O)c1cccnc1)NC(CC1=NCN=C1)C(=O)OCCCCO[N+](=O)[O-]. The molecule has 0 aliphatic carbocycles. The summed E-state index contributed by atoms with van der Waals surface area (Å²) in [6.45, 7) is 0.263. The average molecular weight is 448 g/mol. The first-order chi connectivity index (χ1) is 15.5. The lowest BCUT2D eigenvalue weighted by molar-refractivity contribution is -0.757. The minimum atomic E-state index is -0.977. The molecular formula is C19H24N6O7. The van der Waals surface area contributed by atoms with Gasteiger partial charge in [0.2, 0.25) is 5.91 Å². The number of hydrogen-bond donors (Lipinski definition) is 2. The molecule has 172 valence electrons. The van der Waals surface area contributed by atoms with Crippen LogP contribution in [0.2, 0.25) is 0 Å². The van der Waals surface area contributed by atoms with E-state index in [1.165, 1.54) is 12.4 Å². The van der Waals surface area contributed by atoms with Gasteiger partial charge in [-0.2, -0.15) is 0 Å². The second-order valence-corrected chi connectivity index (χ2v) is 6.61. The second-order valence-electron chi connectivity index (χ2n) is 6.61. The Labute approximate surface area is 183 Å². The van der Waals surface area contributed by atoms with Crippen molar-refractivity contribution < 1.29 is 29.0 Å². The zero-order chi connectivity index (χ0) is 23.2. The van der Waals surface area contributed by atoms with Gasteiger partial charge < -0.3 is 20.2 Å². The summed E-state index contributed by atoms with van der Waals surface area (Å²) in [6.07, 6.45) is 5.24. The van der Waals surface area contributed by atoms with E-state index in [2.05, 4.69) is 30.4 Å². The van der Waals surface area contributed by atoms with E-state index in [4.69, 9.17) is 4.74 Å². The van der Waals surface area contributed by atoms with E-state index in [9.17, 15) is 24.5 Å². The van der Waals surface area contributed by atoms with Gasteiger partial charge in [-0.3, -0.25) is 24.6 Å². The largest absolute Gasteiger partial charge is 0.464 e. The molecule has 2 rings (SSSR count). The zero-order valence-electron chi connectivity index (χ0n) is 17.3. The number of nitrogens with zero attached hydrogens (tertiary/aromatic N) is 4. The number of carbonyl (C=O) groups is 3. The highest BCUT2D eigenvalue weighted by Crippen LogP contribution is 2.04. The van der Waals surface area contributed by atoms with Gasteiger partial charge in [-0.1, -0.05) is 0 Å². The molecule has 0 radical (unpaired) electrons. The van der Waals surface area contributed by atoms with Gasteiger partial charge >= 0.3 is 5.97 Å². The summed E-state index contributed by atoms with van der Waals surface area (Å²) in [4.78, 5) is 62.9. The number of aromatic nitrogens is 1. The molecule has 0 saturated carbocycles. The Morgan fingerprint density at radius 1 is 1.25 bits per heavy atom. The van der Waals surface area contributed by atoms with E-state index in [0.717, 1.165) is 0 Å². The summed E-state index contributed by atoms with van der Waals surface area (Å²) >= 11 is 0. The van der Waals surface area contributed by atoms with Gasteiger partial charge in [-0.05, 0) is 25.0 Å². The molecule has 0 fully saturated rings. The van der Waals surface area contributed by atoms with Crippen LogP contribution in [0, 0.1) is 10.1 Å². The van der Waals surface area contributed by atoms with Gasteiger partial charge in [0.15, 0.2) is 0 Å². The molecule has 1 aromatic heterocycles. The van der Waals surface area contributed by atoms with E-state index in [0.29, 0.717) is 24.1 Å². The van der Waals surface area contributed by atoms with Gasteiger partial charge in [-0.25, -0.2) is 4.79 Å². The van der Waals surface area contributed by atoms with Crippen molar-refractivity contribution in [1.82, 2.24) is 15.6 Å². The highest BCUT2D eigenvalue weighted by molar-refractivity contribution is 6.32. The number of esters is 1. The molecule has 0 saturated heterocycles. The van der Waals surface area contributed by atoms with Crippen LogP contribution < -0.4 is 10.6 Å². The van der Waals surface area contributed by atoms with Crippen LogP contribution in [-0.2, 0) is 19.2 Å². The molecule has 1 unspecified atom stereocenters. The lowest BCUT2D eigenvalue weighted by atomic mass is 10.1. The maximum atomic E-state index is 12.4. The number of carbonyl (C=O) groups excluding carboxylic acids is 3. The van der Waals surface area contributed by atoms with Crippen molar-refractivity contribution >= 4 is 29.7 Å². The predicted molar refractivity (Wildman–Crippen MR) is 112 cm³/mol. The van der Waals surface area contributed by atoms with Crippen LogP contribution in [0.5, 0.6) is 0 Å². The quantitative estimate of drug-likeness (QED) is 0.174. The Morgan fingerprint density at radius 2 is 2.06 bits per heavy atom. The van der Waals surface area contributed by atoms with Crippen molar-refractivity contribution in [2.45, 2.75) is 31.7 Å². The van der Waals surface area contributed by atoms with Gasteiger partial charge in [0.1, 0.15) is 12.7 Å². The molecule has 0 aromatic carbocycles. The third-order valence-electron chi connectivity index (χ3n) is 4.17. The van der Waals surface area contributed by atoms with Crippen LogP contribution in [-0.4, -0.2) is 72.2 Å². The fraction of sp³-hybridized carbons (Fsp3) is 0.474. The molecule has 32 heavy (non-hydrogen) atoms. The van der Waals surface area contributed by atoms with Crippen molar-refractivity contribution in [3.63, 3.8) is 0 Å². The molecule has 13 nitrogen and oxygen atoms in total. The number of unbranched alkanes of at least 4 members (excludes halogenated alkanes) is 1. The van der Waals surface area contributed by atoms with Gasteiger partial charge in [0.05, 0.1) is 24.5 Å². The van der Waals surface area contributed by atoms with E-state index in [-0.39, 0.29) is 45.2 Å². The standard InChI is InChI=1S/C19H24N6O7/c26-17(5-7-22-18(27)14-4-3-6-20-11-14)24-16(10-15-12-21-13-23-15)19(28)31-8-1-2-9-32-25(29)30/h3-4,6,11-12,16H,1-2,5,7-10,13H2,(H,22,27)(H,24,26). The maximum Gasteiger partial charge on any atom is 0.329 e. The minimum Gasteiger partial charge on any atom is -0.464 e. The lowest BCUT2D eigenvalue weighted by Crippen LogP contribution is -2.44. The minimum absolute atomic E-state index is 0.0218. The van der Waals surface area contributed by atoms with Crippen molar-refractivity contribution in [3.8, 4) is 0 Å². The first-order valence-corrected chi connectivity index (χ1v) is 9.90. The lowest BCUT2D eigenvalue weighted by Gasteiger charge is -2.17. The number of rotatable bonds is 14. The number of hydrogen-bond acceptors (Lipinski definition) is 10. The Morgan fingerprint density at radius 3 is 2.75 bits per heavy atom. The van der Waals surface area contributed by atoms with Crippen LogP contribution in [0.15, 0.2) is 34.5 Å². The normalized spacial score (nSPS) is 13.1. The summed E-state index contributed by atoms with van der Waals surface area (Å²) in [5.74, 6) is -1.47. The number of pyridine rings is 1. The van der Waals surface area contributed by atoms with Crippen molar-refractivity contribution in [1.29, 1.82) is 0 Å². The first kappa shape index (κ1) is 24.4. The summed E-state index contributed by atoms with van der Waals surface area (Å²) in [5.41, 5.74) is 0.924. The molecular weight excluding hydrogens is 424 g/mol. The third-order valence-corrected chi connectivity index (χ3v) is 4.17. The summed E-state index contributed by atoms with van der Waals surface area (Å²) in [6, 6.07) is 2.25. The number of amides is 2. The fourth-order valence-corrected chi connectivity index (χ4v) is 2.61. The molecule has 1 aliphatic heterocycles. The molecule has 0 spiro atoms. The van der Waals surface area contributed by atoms with E-state index >= 15 is 0 Å². The summed E-state index contributed by atoms with van der Waals surface area (Å²) in [7, 11) is 0. The number of ether oxygens (including phenoxy) is 1. The topological polar surface area (TPSA) is 174 Å². The summed E-state index contributed by atoms with van der Waals surface area (Å²) < 4.78 is 5.17. The van der Waals surface area contributed by atoms with Crippen LogP contribution in [0.4, 0.5) is 0 Å². The first-order valence-electron chi connectivity index (χ1n) is 9.90. The van der Waals surface area contributed by atoms with Crippen LogP contribution in [0.1, 0.15) is 36.0 Å². The zero-order valence-corrected chi connectivity index (χ0v) is 17.3. The highest BCUT2D eigenvalue weighted by Gasteiger charge is 2.24. The Hall–Kier alpha value is -3.90. The Bertz CT molecular complexity index is 859. The highest BCUT2D eigenvalue weighted by atomic mass is 16.9. The second kappa shape index (κ2) is 13.4. The molecule has 0 bridgehead atoms. The molecule has 1 aliphatic rings. The Kier molecular flexibility index (Phi) is 10.2. The Balaban J connectivity index is 1.77. The average Bonchev–Trinajstić information content (AvgIpc) is 3.29. The van der Waals surface area contributed by atoms with Crippen LogP contribution in [0.25, 0.3) is 0 Å². The fourth-order valence-electron chi connectivity index (χ4n) is 2.61. The molecule has 2 N–H and O–H groups in total. The van der Waals surface area contributed by atoms with Crippen molar-refractivity contribution in [2.75, 3.05) is 26.4 Å². The molecule has 1 aromatic rings. The number of aliphatic imine (C=N–C) groups is 2. The van der Waals surface area contributed by atoms with Gasteiger partial charge in [0.25, 0.3) is 11.0 Å². The van der Waals surface area contributed by atoms with Crippen LogP contribution >= 0.6 is 0 Å². The molecule has 2 heterocycles. The maximum absolute atomic E-state index is 12.4. The molecule has 1 atom stereocenters. The van der Waals surface area contributed by atoms with Crippen molar-refractivity contribution in [2.24, 2.45) is 9.98 Å². The van der Waals surface area contributed by atoms with E-state index < -0.39 is 23.0 Å². The van der Waals surface area contributed by atoms with Gasteiger partial charge in [-0.15, -0.1) is 10.1 Å². The van der Waals surface area contributed by atoms with E-state index in [1.807, 2.05) is 0 Å². The smallest absolute Gasteiger partial charge is 0.329 e. The molecule has 2 amide bonds. The van der Waals surface area contributed by atoms with Crippen molar-refractivity contribution in [3.05, 3.63) is 40.2 Å². The van der Waals surface area contributed by atoms with Gasteiger partial charge in [0, 0.05) is 38.0 Å². The third kappa shape index (κ3) is 9.28. The van der Waals surface area contributed by atoms with Crippen LogP contribution in [0.3, 0.4) is 0 Å². The summed E-state index contributed by atoms with van der Waals surface area (Å²) in [5, 5.41) is 14.4. The predicted octanol–water partition coefficient (Wildman–Crippen LogP) is 0.0910. The number of nitrogens with one attached hydrogen (secondary N) is 2. The monoisotopic (exact) mass is 448 g/mol. The molecule has 13 heteroatoms. The van der Waals surface area contributed by atoms with E-state index in [1.54, 1.807) is 18.3 Å².